The van der Waals surface area contributed by atoms with Gasteiger partial charge in [-0.05, 0) is 71.1 Å². The minimum Gasteiger partial charge on any atom is -0.0587 e. The third-order valence-corrected chi connectivity index (χ3v) is 7.89. The molecule has 0 amide bonds. The molecule has 0 aromatic heterocycles. The number of hydrogen-bond acceptors (Lipinski definition) is 0. The topological polar surface area (TPSA) is 0 Å². The van der Waals surface area contributed by atoms with Gasteiger partial charge in [0.05, 0.1) is 0 Å². The largest absolute Gasteiger partial charge is 0.0587 e. The standard InChI is InChI=1S/C29H48/c1-22(2)27-20-26(19-17-24-14-10-7-11-15-24)28(29(3,4)5)21-25(27)18-16-23-12-8-6-9-13-23/h20-24H,6-19H2,1-5H3. The Morgan fingerprint density at radius 3 is 1.66 bits per heavy atom. The summed E-state index contributed by atoms with van der Waals surface area (Å²) in [6.07, 6.45) is 20.1. The number of aryl methyl sites for hydroxylation is 2. The fourth-order valence-corrected chi connectivity index (χ4v) is 6.04. The van der Waals surface area contributed by atoms with Crippen LogP contribution in [0.5, 0.6) is 0 Å². The molecule has 164 valence electrons. The highest BCUT2D eigenvalue weighted by Gasteiger charge is 2.23. The first-order valence-electron chi connectivity index (χ1n) is 13.0. The van der Waals surface area contributed by atoms with E-state index in [1.165, 1.54) is 89.9 Å². The predicted octanol–water partition coefficient (Wildman–Crippen LogP) is 9.13. The lowest BCUT2D eigenvalue weighted by molar-refractivity contribution is 0.338. The van der Waals surface area contributed by atoms with Crippen molar-refractivity contribution in [3.05, 3.63) is 34.4 Å². The van der Waals surface area contributed by atoms with Crippen LogP contribution in [-0.4, -0.2) is 0 Å². The summed E-state index contributed by atoms with van der Waals surface area (Å²) in [7, 11) is 0. The van der Waals surface area contributed by atoms with Gasteiger partial charge in [-0.3, -0.25) is 0 Å². The molecule has 0 atom stereocenters. The van der Waals surface area contributed by atoms with Gasteiger partial charge in [0.25, 0.3) is 0 Å². The van der Waals surface area contributed by atoms with Crippen molar-refractivity contribution in [2.45, 2.75) is 136 Å². The first-order chi connectivity index (χ1) is 13.8. The van der Waals surface area contributed by atoms with Crippen molar-refractivity contribution in [2.24, 2.45) is 11.8 Å². The van der Waals surface area contributed by atoms with Crippen LogP contribution in [0, 0.1) is 11.8 Å². The molecule has 0 bridgehead atoms. The highest BCUT2D eigenvalue weighted by atomic mass is 14.3. The molecule has 0 nitrogen and oxygen atoms in total. The van der Waals surface area contributed by atoms with E-state index in [4.69, 9.17) is 0 Å². The molecule has 1 aromatic carbocycles. The van der Waals surface area contributed by atoms with Crippen molar-refractivity contribution in [2.75, 3.05) is 0 Å². The fraction of sp³-hybridized carbons (Fsp3) is 0.793. The summed E-state index contributed by atoms with van der Waals surface area (Å²) in [5.41, 5.74) is 6.85. The van der Waals surface area contributed by atoms with Crippen LogP contribution in [0.1, 0.15) is 140 Å². The van der Waals surface area contributed by atoms with Crippen molar-refractivity contribution >= 4 is 0 Å². The van der Waals surface area contributed by atoms with Gasteiger partial charge in [0, 0.05) is 0 Å². The van der Waals surface area contributed by atoms with E-state index in [2.05, 4.69) is 46.8 Å². The Bertz CT molecular complexity index is 618. The summed E-state index contributed by atoms with van der Waals surface area (Å²) in [6.45, 7) is 12.1. The molecule has 2 saturated carbocycles. The molecular formula is C29H48. The van der Waals surface area contributed by atoms with Crippen LogP contribution in [0.25, 0.3) is 0 Å². The minimum absolute atomic E-state index is 0.247. The number of benzene rings is 1. The van der Waals surface area contributed by atoms with Gasteiger partial charge < -0.3 is 0 Å². The minimum atomic E-state index is 0.247. The fourth-order valence-electron chi connectivity index (χ4n) is 6.04. The summed E-state index contributed by atoms with van der Waals surface area (Å²) in [5.74, 6) is 2.59. The zero-order chi connectivity index (χ0) is 20.9. The molecule has 29 heavy (non-hydrogen) atoms. The van der Waals surface area contributed by atoms with E-state index in [-0.39, 0.29) is 5.41 Å². The third-order valence-electron chi connectivity index (χ3n) is 7.89. The van der Waals surface area contributed by atoms with Gasteiger partial charge in [-0.1, -0.05) is 111 Å². The van der Waals surface area contributed by atoms with Gasteiger partial charge in [-0.25, -0.2) is 0 Å². The van der Waals surface area contributed by atoms with Gasteiger partial charge in [0.15, 0.2) is 0 Å². The maximum Gasteiger partial charge on any atom is -0.0129 e. The van der Waals surface area contributed by atoms with E-state index in [1.54, 1.807) is 22.3 Å². The van der Waals surface area contributed by atoms with Crippen molar-refractivity contribution in [1.82, 2.24) is 0 Å². The lowest BCUT2D eigenvalue weighted by atomic mass is 9.76. The van der Waals surface area contributed by atoms with E-state index in [0.29, 0.717) is 5.92 Å². The first-order valence-corrected chi connectivity index (χ1v) is 13.0. The van der Waals surface area contributed by atoms with Gasteiger partial charge in [-0.15, -0.1) is 0 Å². The Morgan fingerprint density at radius 2 is 1.21 bits per heavy atom. The van der Waals surface area contributed by atoms with Gasteiger partial charge >= 0.3 is 0 Å². The molecule has 0 saturated heterocycles. The number of rotatable bonds is 7. The van der Waals surface area contributed by atoms with Crippen LogP contribution in [0.15, 0.2) is 12.1 Å². The Labute approximate surface area is 182 Å². The van der Waals surface area contributed by atoms with Crippen molar-refractivity contribution < 1.29 is 0 Å². The molecule has 0 N–H and O–H groups in total. The molecule has 0 spiro atoms. The lowest BCUT2D eigenvalue weighted by Crippen LogP contribution is -2.18. The molecule has 0 unspecified atom stereocenters. The highest BCUT2D eigenvalue weighted by molar-refractivity contribution is 5.43. The molecule has 0 heterocycles. The summed E-state index contributed by atoms with van der Waals surface area (Å²) >= 11 is 0. The first kappa shape index (κ1) is 22.9. The lowest BCUT2D eigenvalue weighted by Gasteiger charge is -2.29. The number of hydrogen-bond donors (Lipinski definition) is 0. The van der Waals surface area contributed by atoms with E-state index >= 15 is 0 Å². The van der Waals surface area contributed by atoms with Gasteiger partial charge in [0.1, 0.15) is 0 Å². The Morgan fingerprint density at radius 1 is 0.724 bits per heavy atom. The second-order valence-electron chi connectivity index (χ2n) is 11.7. The highest BCUT2D eigenvalue weighted by Crippen LogP contribution is 2.36. The SMILES string of the molecule is CC(C)c1cc(CCC2CCCCC2)c(C(C)(C)C)cc1CCC1CCCCC1. The maximum absolute atomic E-state index is 2.65. The second-order valence-corrected chi connectivity index (χ2v) is 11.7. The zero-order valence-corrected chi connectivity index (χ0v) is 20.3. The maximum atomic E-state index is 2.65. The average molecular weight is 397 g/mol. The molecule has 1 aromatic rings. The van der Waals surface area contributed by atoms with Crippen molar-refractivity contribution in [1.29, 1.82) is 0 Å². The summed E-state index contributed by atoms with van der Waals surface area (Å²) in [5, 5.41) is 0. The molecule has 2 aliphatic rings. The van der Waals surface area contributed by atoms with Crippen LogP contribution >= 0.6 is 0 Å². The van der Waals surface area contributed by atoms with Crippen LogP contribution in [0.4, 0.5) is 0 Å². The molecule has 3 rings (SSSR count). The van der Waals surface area contributed by atoms with E-state index < -0.39 is 0 Å². The van der Waals surface area contributed by atoms with Gasteiger partial charge in [-0.2, -0.15) is 0 Å². The van der Waals surface area contributed by atoms with E-state index in [9.17, 15) is 0 Å². The molecule has 0 aliphatic heterocycles. The summed E-state index contributed by atoms with van der Waals surface area (Å²) in [4.78, 5) is 0. The third kappa shape index (κ3) is 6.60. The molecular weight excluding hydrogens is 348 g/mol. The Balaban J connectivity index is 1.79. The summed E-state index contributed by atoms with van der Waals surface area (Å²) in [6, 6.07) is 5.29. The van der Waals surface area contributed by atoms with Gasteiger partial charge in [0.2, 0.25) is 0 Å². The molecule has 0 heteroatoms. The second kappa shape index (κ2) is 10.5. The quantitative estimate of drug-likeness (QED) is 0.431. The smallest absolute Gasteiger partial charge is 0.0129 e. The molecule has 0 radical (unpaired) electrons. The zero-order valence-electron chi connectivity index (χ0n) is 20.3. The monoisotopic (exact) mass is 396 g/mol. The van der Waals surface area contributed by atoms with Crippen LogP contribution in [0.2, 0.25) is 0 Å². The van der Waals surface area contributed by atoms with Crippen molar-refractivity contribution in [3.8, 4) is 0 Å². The molecule has 2 fully saturated rings. The van der Waals surface area contributed by atoms with Crippen molar-refractivity contribution in [3.63, 3.8) is 0 Å². The van der Waals surface area contributed by atoms with Crippen LogP contribution in [0.3, 0.4) is 0 Å². The van der Waals surface area contributed by atoms with E-state index in [1.807, 2.05) is 0 Å². The predicted molar refractivity (Wildman–Crippen MR) is 129 cm³/mol. The van der Waals surface area contributed by atoms with Crippen LogP contribution in [-0.2, 0) is 18.3 Å². The average Bonchev–Trinajstić information content (AvgIpc) is 2.71. The normalized spacial score (nSPS) is 19.8. The van der Waals surface area contributed by atoms with E-state index in [0.717, 1.165) is 11.8 Å². The Kier molecular flexibility index (Phi) is 8.29. The van der Waals surface area contributed by atoms with Crippen LogP contribution < -0.4 is 0 Å². The summed E-state index contributed by atoms with van der Waals surface area (Å²) < 4.78 is 0. The Hall–Kier alpha value is -0.780. The molecule has 2 aliphatic carbocycles.